The third-order valence-electron chi connectivity index (χ3n) is 5.39. The number of nitrogens with one attached hydrogen (secondary N) is 1. The van der Waals surface area contributed by atoms with Crippen molar-refractivity contribution in [3.63, 3.8) is 0 Å². The summed E-state index contributed by atoms with van der Waals surface area (Å²) in [6.07, 6.45) is -1.79. The number of nitrogens with zero attached hydrogens (tertiary/aromatic N) is 6. The molecule has 4 rings (SSSR count). The van der Waals surface area contributed by atoms with Gasteiger partial charge in [-0.2, -0.15) is 8.78 Å². The van der Waals surface area contributed by atoms with Gasteiger partial charge >= 0.3 is 12.5 Å². The number of hydrogen-bond donors (Lipinski definition) is 1. The molecule has 0 saturated carbocycles. The van der Waals surface area contributed by atoms with E-state index in [9.17, 15) is 27.6 Å². The Balaban J connectivity index is 1.35. The fraction of sp³-hybridized carbons (Fsp3) is 0.450. The summed E-state index contributed by atoms with van der Waals surface area (Å²) in [6.45, 7) is 0.598. The zero-order valence-corrected chi connectivity index (χ0v) is 18.3. The number of anilines is 2. The molecule has 0 aliphatic carbocycles. The van der Waals surface area contributed by atoms with Crippen molar-refractivity contribution in [2.75, 3.05) is 49.1 Å². The molecule has 15 heteroatoms. The van der Waals surface area contributed by atoms with Crippen molar-refractivity contribution in [1.29, 1.82) is 0 Å². The van der Waals surface area contributed by atoms with Crippen molar-refractivity contribution in [1.82, 2.24) is 25.4 Å². The van der Waals surface area contributed by atoms with Gasteiger partial charge in [0.2, 0.25) is 0 Å². The Labute approximate surface area is 197 Å². The average molecular weight is 497 g/mol. The number of hydrogen-bond acceptors (Lipinski definition) is 8. The molecule has 2 fully saturated rings. The summed E-state index contributed by atoms with van der Waals surface area (Å²) in [5.74, 6) is -2.39. The van der Waals surface area contributed by atoms with Crippen molar-refractivity contribution in [2.24, 2.45) is 0 Å². The minimum Gasteiger partial charge on any atom is -0.442 e. The fourth-order valence-corrected chi connectivity index (χ4v) is 3.67. The zero-order valence-electron chi connectivity index (χ0n) is 18.3. The molecule has 2 saturated heterocycles. The van der Waals surface area contributed by atoms with Gasteiger partial charge in [0.15, 0.2) is 0 Å². The molecule has 3 heterocycles. The third-order valence-corrected chi connectivity index (χ3v) is 5.39. The minimum atomic E-state index is -3.17. The summed E-state index contributed by atoms with van der Waals surface area (Å²) >= 11 is 0. The number of amides is 3. The number of aromatic nitrogens is 3. The molecule has 2 aromatic rings. The van der Waals surface area contributed by atoms with Crippen LogP contribution in [0.1, 0.15) is 0 Å². The molecule has 2 aliphatic heterocycles. The summed E-state index contributed by atoms with van der Waals surface area (Å²) in [5, 5.41) is 10.6. The number of cyclic esters (lactones) is 1. The molecule has 3 amide bonds. The van der Waals surface area contributed by atoms with Crippen LogP contribution in [0.2, 0.25) is 0 Å². The summed E-state index contributed by atoms with van der Waals surface area (Å²) < 4.78 is 46.0. The largest absolute Gasteiger partial charge is 0.442 e. The Morgan fingerprint density at radius 2 is 2.06 bits per heavy atom. The van der Waals surface area contributed by atoms with Crippen LogP contribution >= 0.6 is 0 Å². The highest BCUT2D eigenvalue weighted by Crippen LogP contribution is 2.28. The Hall–Kier alpha value is -3.88. The lowest BCUT2D eigenvalue weighted by molar-refractivity contribution is -0.182. The van der Waals surface area contributed by atoms with Gasteiger partial charge in [0, 0.05) is 19.3 Å². The van der Waals surface area contributed by atoms with Crippen molar-refractivity contribution >= 4 is 29.3 Å². The lowest BCUT2D eigenvalue weighted by atomic mass is 10.2. The van der Waals surface area contributed by atoms with Crippen LogP contribution in [-0.4, -0.2) is 89.8 Å². The van der Waals surface area contributed by atoms with E-state index in [0.29, 0.717) is 13.1 Å². The smallest absolute Gasteiger partial charge is 0.414 e. The first kappa shape index (κ1) is 24.3. The van der Waals surface area contributed by atoms with Gasteiger partial charge in [-0.25, -0.2) is 18.9 Å². The van der Waals surface area contributed by atoms with Gasteiger partial charge in [-0.05, 0) is 18.2 Å². The van der Waals surface area contributed by atoms with Gasteiger partial charge < -0.3 is 15.0 Å². The topological polar surface area (TPSA) is 122 Å². The summed E-state index contributed by atoms with van der Waals surface area (Å²) in [7, 11) is 0. The lowest BCUT2D eigenvalue weighted by Gasteiger charge is -2.24. The molecular weight excluding hydrogens is 475 g/mol. The van der Waals surface area contributed by atoms with E-state index in [1.165, 1.54) is 28.1 Å². The van der Waals surface area contributed by atoms with E-state index < -0.39 is 30.3 Å². The molecule has 2 aliphatic rings. The van der Waals surface area contributed by atoms with E-state index in [-0.39, 0.29) is 50.1 Å². The van der Waals surface area contributed by atoms with Gasteiger partial charge in [0.1, 0.15) is 18.5 Å². The average Bonchev–Trinajstić information content (AvgIpc) is 3.39. The Morgan fingerprint density at radius 1 is 1.23 bits per heavy atom. The zero-order chi connectivity index (χ0) is 24.9. The van der Waals surface area contributed by atoms with E-state index >= 15 is 0 Å². The van der Waals surface area contributed by atoms with E-state index in [1.54, 1.807) is 11.1 Å². The van der Waals surface area contributed by atoms with Crippen LogP contribution in [-0.2, 0) is 25.7 Å². The van der Waals surface area contributed by atoms with E-state index in [0.717, 1.165) is 11.0 Å². The monoisotopic (exact) mass is 497 g/mol. The Bertz CT molecular complexity index is 1070. The third kappa shape index (κ3) is 5.79. The number of hydroxylamine groups is 2. The van der Waals surface area contributed by atoms with Gasteiger partial charge in [-0.3, -0.25) is 19.3 Å². The molecular formula is C20H22F3N7O5. The molecule has 1 unspecified atom stereocenters. The molecule has 0 spiro atoms. The standard InChI is InChI=1S/C20H22F3N7O5/c21-15-9-13(29-11-14(35-20(29)33)10-24-19(32)18(22)23)1-2-16(15)27-5-6-30(34-8-7-27)17(31)12-28-4-3-25-26-28/h1-4,9,14,18H,5-8,10-12H2,(H,24,32). The first-order chi connectivity index (χ1) is 16.8. The van der Waals surface area contributed by atoms with Gasteiger partial charge in [0.05, 0.1) is 43.8 Å². The highest BCUT2D eigenvalue weighted by molar-refractivity contribution is 5.90. The van der Waals surface area contributed by atoms with Crippen LogP contribution < -0.4 is 15.1 Å². The first-order valence-corrected chi connectivity index (χ1v) is 10.7. The second-order valence-electron chi connectivity index (χ2n) is 7.71. The van der Waals surface area contributed by atoms with Crippen molar-refractivity contribution in [3.05, 3.63) is 36.4 Å². The highest BCUT2D eigenvalue weighted by Gasteiger charge is 2.33. The second-order valence-corrected chi connectivity index (χ2v) is 7.71. The number of carbonyl (C=O) groups is 3. The molecule has 0 bridgehead atoms. The van der Waals surface area contributed by atoms with E-state index in [1.807, 2.05) is 5.32 Å². The normalized spacial score (nSPS) is 18.6. The first-order valence-electron chi connectivity index (χ1n) is 10.7. The quantitative estimate of drug-likeness (QED) is 0.584. The van der Waals surface area contributed by atoms with Crippen molar-refractivity contribution in [3.8, 4) is 0 Å². The van der Waals surface area contributed by atoms with Crippen LogP contribution in [0.3, 0.4) is 0 Å². The van der Waals surface area contributed by atoms with Crippen LogP contribution in [0.4, 0.5) is 29.3 Å². The molecule has 0 radical (unpaired) electrons. The Kier molecular flexibility index (Phi) is 7.33. The Morgan fingerprint density at radius 3 is 2.77 bits per heavy atom. The van der Waals surface area contributed by atoms with E-state index in [4.69, 9.17) is 9.57 Å². The fourth-order valence-electron chi connectivity index (χ4n) is 3.67. The molecule has 188 valence electrons. The number of rotatable bonds is 7. The summed E-state index contributed by atoms with van der Waals surface area (Å²) in [4.78, 5) is 44.0. The lowest BCUT2D eigenvalue weighted by Crippen LogP contribution is -2.37. The van der Waals surface area contributed by atoms with Gasteiger partial charge in [-0.1, -0.05) is 5.21 Å². The van der Waals surface area contributed by atoms with Gasteiger partial charge in [0.25, 0.3) is 11.8 Å². The molecule has 35 heavy (non-hydrogen) atoms. The summed E-state index contributed by atoms with van der Waals surface area (Å²) in [6, 6.07) is 4.19. The number of benzene rings is 1. The predicted molar refractivity (Wildman–Crippen MR) is 113 cm³/mol. The molecule has 1 aromatic heterocycles. The maximum Gasteiger partial charge on any atom is 0.414 e. The maximum atomic E-state index is 15.0. The maximum absolute atomic E-state index is 15.0. The second kappa shape index (κ2) is 10.6. The predicted octanol–water partition coefficient (Wildman–Crippen LogP) is 0.404. The molecule has 1 N–H and O–H groups in total. The van der Waals surface area contributed by atoms with Gasteiger partial charge in [-0.15, -0.1) is 5.10 Å². The van der Waals surface area contributed by atoms with E-state index in [2.05, 4.69) is 10.3 Å². The molecule has 12 nitrogen and oxygen atoms in total. The SMILES string of the molecule is O=C(NCC1CN(c2ccc(N3CCON(C(=O)Cn4ccnn4)CC3)c(F)c2)C(=O)O1)C(F)F. The molecule has 1 aromatic carbocycles. The molecule has 1 atom stereocenters. The number of alkyl halides is 2. The summed E-state index contributed by atoms with van der Waals surface area (Å²) in [5.41, 5.74) is 0.478. The highest BCUT2D eigenvalue weighted by atomic mass is 19.3. The van der Waals surface area contributed by atoms with Crippen molar-refractivity contribution < 1.29 is 37.1 Å². The van der Waals surface area contributed by atoms with Crippen LogP contribution in [0.5, 0.6) is 0 Å². The van der Waals surface area contributed by atoms with Crippen LogP contribution in [0.25, 0.3) is 0 Å². The number of carbonyl (C=O) groups excluding carboxylic acids is 3. The minimum absolute atomic E-state index is 0.0399. The van der Waals surface area contributed by atoms with Crippen LogP contribution in [0.15, 0.2) is 30.6 Å². The van der Waals surface area contributed by atoms with Crippen LogP contribution in [0, 0.1) is 5.82 Å². The number of ether oxygens (including phenoxy) is 1. The number of halogens is 3. The van der Waals surface area contributed by atoms with Crippen molar-refractivity contribution in [2.45, 2.75) is 19.1 Å².